The Morgan fingerprint density at radius 3 is 2.17 bits per heavy atom. The minimum Gasteiger partial charge on any atom is -0.295 e. The van der Waals surface area contributed by atoms with Gasteiger partial charge in [-0.25, -0.2) is 8.42 Å². The number of hydrogen-bond acceptors (Lipinski definition) is 4. The number of Topliss-reactive ketones (excluding diaryl/α,β-unsaturated/α-hetero) is 2. The summed E-state index contributed by atoms with van der Waals surface area (Å²) in [4.78, 5) is 26.2. The summed E-state index contributed by atoms with van der Waals surface area (Å²) in [6, 6.07) is 14.0. The number of carbonyl (C=O) groups is 2. The predicted molar refractivity (Wildman–Crippen MR) is 115 cm³/mol. The Balaban J connectivity index is 1.74. The molecule has 0 saturated carbocycles. The standard InChI is InChI=1S/C24H25NO4S/c1-16-6-10-18(11-7-16)24(27)22-15-25(14-21-20(22)4-3-5-23(21)26)30(28,29)19-12-8-17(2)9-13-19/h6-13,22H,3-5,14-15H2,1-2H3. The highest BCUT2D eigenvalue weighted by Crippen LogP contribution is 2.36. The second kappa shape index (κ2) is 7.93. The molecule has 0 fully saturated rings. The average Bonchev–Trinajstić information content (AvgIpc) is 2.74. The summed E-state index contributed by atoms with van der Waals surface area (Å²) in [7, 11) is -3.81. The fraction of sp³-hybridized carbons (Fsp3) is 0.333. The van der Waals surface area contributed by atoms with Crippen LogP contribution in [0.4, 0.5) is 0 Å². The van der Waals surface area contributed by atoms with Gasteiger partial charge in [-0.1, -0.05) is 47.5 Å². The van der Waals surface area contributed by atoms with Crippen LogP contribution in [0.3, 0.4) is 0 Å². The van der Waals surface area contributed by atoms with E-state index in [1.165, 1.54) is 4.31 Å². The molecule has 30 heavy (non-hydrogen) atoms. The summed E-state index contributed by atoms with van der Waals surface area (Å²) in [6.45, 7) is 3.95. The highest BCUT2D eigenvalue weighted by molar-refractivity contribution is 7.89. The van der Waals surface area contributed by atoms with Gasteiger partial charge in [0, 0.05) is 30.6 Å². The van der Waals surface area contributed by atoms with E-state index < -0.39 is 15.9 Å². The summed E-state index contributed by atoms with van der Waals surface area (Å²) < 4.78 is 27.9. The lowest BCUT2D eigenvalue weighted by Gasteiger charge is -2.36. The maximum Gasteiger partial charge on any atom is 0.243 e. The second-order valence-corrected chi connectivity index (χ2v) is 10.1. The molecule has 1 aliphatic heterocycles. The van der Waals surface area contributed by atoms with Gasteiger partial charge in [-0.15, -0.1) is 0 Å². The van der Waals surface area contributed by atoms with E-state index in [0.717, 1.165) is 16.7 Å². The van der Waals surface area contributed by atoms with Crippen LogP contribution in [0.5, 0.6) is 0 Å². The van der Waals surface area contributed by atoms with Gasteiger partial charge in [-0.3, -0.25) is 9.59 Å². The Labute approximate surface area is 177 Å². The zero-order valence-corrected chi connectivity index (χ0v) is 18.0. The molecule has 4 rings (SSSR count). The average molecular weight is 424 g/mol. The molecular formula is C24H25NO4S. The van der Waals surface area contributed by atoms with Crippen LogP contribution in [0, 0.1) is 19.8 Å². The van der Waals surface area contributed by atoms with E-state index in [9.17, 15) is 18.0 Å². The summed E-state index contributed by atoms with van der Waals surface area (Å²) in [5.74, 6) is -0.788. The van der Waals surface area contributed by atoms with Gasteiger partial charge in [0.25, 0.3) is 0 Å². The molecule has 0 N–H and O–H groups in total. The monoisotopic (exact) mass is 423 g/mol. The maximum absolute atomic E-state index is 13.4. The quantitative estimate of drug-likeness (QED) is 0.700. The van der Waals surface area contributed by atoms with E-state index in [4.69, 9.17) is 0 Å². The number of nitrogens with zero attached hydrogens (tertiary/aromatic N) is 1. The van der Waals surface area contributed by atoms with Gasteiger partial charge in [0.15, 0.2) is 11.6 Å². The lowest BCUT2D eigenvalue weighted by atomic mass is 9.78. The smallest absolute Gasteiger partial charge is 0.243 e. The molecule has 1 aliphatic carbocycles. The Bertz CT molecular complexity index is 1130. The van der Waals surface area contributed by atoms with E-state index in [2.05, 4.69) is 0 Å². The molecule has 0 bridgehead atoms. The molecule has 2 aliphatic rings. The van der Waals surface area contributed by atoms with Crippen molar-refractivity contribution in [3.05, 3.63) is 76.4 Å². The number of hydrogen-bond donors (Lipinski definition) is 0. The van der Waals surface area contributed by atoms with Crippen molar-refractivity contribution < 1.29 is 18.0 Å². The van der Waals surface area contributed by atoms with Crippen molar-refractivity contribution in [2.45, 2.75) is 38.0 Å². The third kappa shape index (κ3) is 3.77. The van der Waals surface area contributed by atoms with Crippen LogP contribution in [-0.4, -0.2) is 37.4 Å². The van der Waals surface area contributed by atoms with E-state index in [-0.39, 0.29) is 29.6 Å². The topological polar surface area (TPSA) is 71.5 Å². The highest BCUT2D eigenvalue weighted by atomic mass is 32.2. The van der Waals surface area contributed by atoms with Crippen LogP contribution < -0.4 is 0 Å². The number of rotatable bonds is 4. The van der Waals surface area contributed by atoms with Crippen LogP contribution >= 0.6 is 0 Å². The molecule has 2 aromatic rings. The fourth-order valence-corrected chi connectivity index (χ4v) is 5.67. The van der Waals surface area contributed by atoms with Crippen LogP contribution in [0.1, 0.15) is 40.7 Å². The van der Waals surface area contributed by atoms with Crippen LogP contribution in [0.2, 0.25) is 0 Å². The first-order valence-electron chi connectivity index (χ1n) is 10.2. The van der Waals surface area contributed by atoms with Crippen molar-refractivity contribution in [1.29, 1.82) is 0 Å². The number of carbonyl (C=O) groups excluding carboxylic acids is 2. The summed E-state index contributed by atoms with van der Waals surface area (Å²) in [5.41, 5.74) is 3.89. The number of sulfonamides is 1. The first kappa shape index (κ1) is 20.7. The molecular weight excluding hydrogens is 398 g/mol. The van der Waals surface area contributed by atoms with Gasteiger partial charge < -0.3 is 0 Å². The second-order valence-electron chi connectivity index (χ2n) is 8.17. The maximum atomic E-state index is 13.4. The van der Waals surface area contributed by atoms with E-state index in [1.54, 1.807) is 36.4 Å². The van der Waals surface area contributed by atoms with Gasteiger partial charge in [-0.05, 0) is 44.4 Å². The highest BCUT2D eigenvalue weighted by Gasteiger charge is 2.40. The summed E-state index contributed by atoms with van der Waals surface area (Å²) >= 11 is 0. The van der Waals surface area contributed by atoms with Crippen LogP contribution in [0.15, 0.2) is 64.6 Å². The Kier molecular flexibility index (Phi) is 5.47. The first-order valence-corrected chi connectivity index (χ1v) is 11.6. The van der Waals surface area contributed by atoms with Crippen molar-refractivity contribution in [2.75, 3.05) is 13.1 Å². The van der Waals surface area contributed by atoms with Crippen molar-refractivity contribution >= 4 is 21.6 Å². The normalized spacial score (nSPS) is 20.2. The van der Waals surface area contributed by atoms with Crippen molar-refractivity contribution in [3.63, 3.8) is 0 Å². The van der Waals surface area contributed by atoms with Gasteiger partial charge in [0.1, 0.15) is 0 Å². The molecule has 2 aromatic carbocycles. The molecule has 0 amide bonds. The van der Waals surface area contributed by atoms with E-state index in [1.807, 2.05) is 26.0 Å². The van der Waals surface area contributed by atoms with Gasteiger partial charge >= 0.3 is 0 Å². The number of ketones is 2. The Morgan fingerprint density at radius 1 is 0.933 bits per heavy atom. The summed E-state index contributed by atoms with van der Waals surface area (Å²) in [6.07, 6.45) is 1.78. The largest absolute Gasteiger partial charge is 0.295 e. The molecule has 0 saturated heterocycles. The predicted octanol–water partition coefficient (Wildman–Crippen LogP) is 3.86. The zero-order valence-electron chi connectivity index (χ0n) is 17.2. The van der Waals surface area contributed by atoms with E-state index in [0.29, 0.717) is 30.4 Å². The van der Waals surface area contributed by atoms with Crippen LogP contribution in [0.25, 0.3) is 0 Å². The number of aryl methyl sites for hydroxylation is 2. The molecule has 156 valence electrons. The molecule has 1 atom stereocenters. The van der Waals surface area contributed by atoms with Crippen molar-refractivity contribution in [2.24, 2.45) is 5.92 Å². The lowest BCUT2D eigenvalue weighted by molar-refractivity contribution is -0.116. The Hall–Kier alpha value is -2.57. The third-order valence-electron chi connectivity index (χ3n) is 6.03. The molecule has 5 nitrogen and oxygen atoms in total. The van der Waals surface area contributed by atoms with Gasteiger partial charge in [-0.2, -0.15) is 4.31 Å². The van der Waals surface area contributed by atoms with Crippen molar-refractivity contribution in [3.8, 4) is 0 Å². The third-order valence-corrected chi connectivity index (χ3v) is 7.85. The molecule has 0 spiro atoms. The molecule has 1 unspecified atom stereocenters. The first-order chi connectivity index (χ1) is 14.3. The lowest BCUT2D eigenvalue weighted by Crippen LogP contribution is -2.46. The summed E-state index contributed by atoms with van der Waals surface area (Å²) in [5, 5.41) is 0. The SMILES string of the molecule is Cc1ccc(C(=O)C2CN(S(=O)(=O)c3ccc(C)cc3)CC3=C2CCCC3=O)cc1. The Morgan fingerprint density at radius 2 is 1.53 bits per heavy atom. The van der Waals surface area contributed by atoms with E-state index >= 15 is 0 Å². The fourth-order valence-electron chi connectivity index (χ4n) is 4.25. The molecule has 6 heteroatoms. The number of benzene rings is 2. The van der Waals surface area contributed by atoms with Gasteiger partial charge in [0.05, 0.1) is 10.8 Å². The minimum absolute atomic E-state index is 0.0400. The molecule has 0 aromatic heterocycles. The molecule has 0 radical (unpaired) electrons. The van der Waals surface area contributed by atoms with Gasteiger partial charge in [0.2, 0.25) is 10.0 Å². The minimum atomic E-state index is -3.81. The zero-order chi connectivity index (χ0) is 21.5. The van der Waals surface area contributed by atoms with Crippen molar-refractivity contribution in [1.82, 2.24) is 4.31 Å². The molecule has 1 heterocycles. The van der Waals surface area contributed by atoms with Crippen LogP contribution in [-0.2, 0) is 14.8 Å².